The summed E-state index contributed by atoms with van der Waals surface area (Å²) in [6.07, 6.45) is 1.15. The molecule has 0 fully saturated rings. The molecule has 0 atom stereocenters. The zero-order valence-electron chi connectivity index (χ0n) is 11.5. The quantitative estimate of drug-likeness (QED) is 0.554. The molecule has 3 rings (SSSR count). The molecule has 0 aliphatic carbocycles. The summed E-state index contributed by atoms with van der Waals surface area (Å²) in [6.45, 7) is 1.79. The minimum Gasteiger partial charge on any atom is -0.343 e. The van der Waals surface area contributed by atoms with Gasteiger partial charge in [-0.05, 0) is 30.3 Å². The monoisotopic (exact) mass is 340 g/mol. The van der Waals surface area contributed by atoms with Gasteiger partial charge in [0.1, 0.15) is 10.8 Å². The Labute approximate surface area is 134 Å². The Kier molecular flexibility index (Phi) is 4.26. The molecule has 4 nitrogen and oxygen atoms in total. The highest BCUT2D eigenvalue weighted by atomic mass is 35.5. The highest BCUT2D eigenvalue weighted by molar-refractivity contribution is 7.99. The fraction of sp³-hybridized carbons (Fsp3) is 0.214. The number of nitrogens with zero attached hydrogens (tertiary/aromatic N) is 3. The molecule has 0 radical (unpaired) electrons. The van der Waals surface area contributed by atoms with Crippen LogP contribution in [0.1, 0.15) is 24.6 Å². The summed E-state index contributed by atoms with van der Waals surface area (Å²) >= 11 is 7.39. The molecule has 3 aromatic rings. The number of rotatable bonds is 4. The predicted octanol–water partition coefficient (Wildman–Crippen LogP) is 4.66. The Balaban J connectivity index is 2.09. The largest absolute Gasteiger partial charge is 0.343 e. The van der Waals surface area contributed by atoms with Crippen LogP contribution in [-0.2, 0) is 6.42 Å². The molecule has 0 saturated heterocycles. The van der Waals surface area contributed by atoms with Crippen LogP contribution in [0.2, 0.25) is 5.15 Å². The molecular weight excluding hydrogens is 330 g/mol. The number of aryl methyl sites for hydroxylation is 1. The van der Waals surface area contributed by atoms with E-state index in [0.717, 1.165) is 4.90 Å². The molecule has 0 saturated carbocycles. The van der Waals surface area contributed by atoms with Crippen molar-refractivity contribution in [3.05, 3.63) is 40.9 Å². The Bertz CT molecular complexity index is 807. The smallest absolute Gasteiger partial charge is 0.266 e. The van der Waals surface area contributed by atoms with Crippen LogP contribution >= 0.6 is 23.4 Å². The third kappa shape index (κ3) is 2.78. The van der Waals surface area contributed by atoms with Crippen molar-refractivity contribution in [1.29, 1.82) is 0 Å². The number of aromatic amines is 1. The number of nitrogens with one attached hydrogen (secondary N) is 1. The molecule has 0 aliphatic rings. The SMILES string of the molecule is CCc1[nH]c2nc(Sc3cccnc3)nc(Cl)c2c1C(F)F. The number of alkyl halides is 2. The third-order valence-electron chi connectivity index (χ3n) is 3.12. The molecule has 22 heavy (non-hydrogen) atoms. The number of fused-ring (bicyclic) bond motifs is 1. The van der Waals surface area contributed by atoms with Gasteiger partial charge in [0.15, 0.2) is 5.16 Å². The van der Waals surface area contributed by atoms with E-state index < -0.39 is 6.43 Å². The van der Waals surface area contributed by atoms with Crippen LogP contribution in [-0.4, -0.2) is 19.9 Å². The summed E-state index contributed by atoms with van der Waals surface area (Å²) in [7, 11) is 0. The zero-order valence-corrected chi connectivity index (χ0v) is 13.1. The maximum atomic E-state index is 13.3. The number of pyridine rings is 1. The number of aromatic nitrogens is 4. The van der Waals surface area contributed by atoms with Gasteiger partial charge in [-0.25, -0.2) is 18.7 Å². The van der Waals surface area contributed by atoms with E-state index in [4.69, 9.17) is 11.6 Å². The summed E-state index contributed by atoms with van der Waals surface area (Å²) in [5, 5.41) is 0.613. The van der Waals surface area contributed by atoms with Crippen LogP contribution in [0.4, 0.5) is 8.78 Å². The van der Waals surface area contributed by atoms with Crippen molar-refractivity contribution in [1.82, 2.24) is 19.9 Å². The van der Waals surface area contributed by atoms with Gasteiger partial charge in [0.2, 0.25) is 0 Å². The lowest BCUT2D eigenvalue weighted by atomic mass is 10.1. The van der Waals surface area contributed by atoms with E-state index in [9.17, 15) is 8.78 Å². The minimum absolute atomic E-state index is 0.0302. The molecule has 0 unspecified atom stereocenters. The van der Waals surface area contributed by atoms with Gasteiger partial charge in [-0.3, -0.25) is 4.98 Å². The molecule has 3 aromatic heterocycles. The molecule has 0 bridgehead atoms. The van der Waals surface area contributed by atoms with Gasteiger partial charge in [-0.2, -0.15) is 0 Å². The summed E-state index contributed by atoms with van der Waals surface area (Å²) in [4.78, 5) is 16.2. The van der Waals surface area contributed by atoms with E-state index in [1.165, 1.54) is 11.8 Å². The van der Waals surface area contributed by atoms with Gasteiger partial charge in [0.25, 0.3) is 6.43 Å². The van der Waals surface area contributed by atoms with E-state index in [2.05, 4.69) is 19.9 Å². The van der Waals surface area contributed by atoms with Crippen molar-refractivity contribution in [3.63, 3.8) is 0 Å². The first kappa shape index (κ1) is 15.2. The highest BCUT2D eigenvalue weighted by Crippen LogP contribution is 2.36. The molecule has 0 amide bonds. The van der Waals surface area contributed by atoms with Crippen molar-refractivity contribution >= 4 is 34.4 Å². The molecule has 114 valence electrons. The molecule has 0 aromatic carbocycles. The van der Waals surface area contributed by atoms with Crippen LogP contribution in [0.5, 0.6) is 0 Å². The van der Waals surface area contributed by atoms with Crippen LogP contribution in [0.15, 0.2) is 34.6 Å². The second-order valence-electron chi connectivity index (χ2n) is 4.48. The fourth-order valence-electron chi connectivity index (χ4n) is 2.18. The van der Waals surface area contributed by atoms with Gasteiger partial charge in [-0.1, -0.05) is 18.5 Å². The molecule has 0 aliphatic heterocycles. The van der Waals surface area contributed by atoms with E-state index in [1.807, 2.05) is 6.07 Å². The van der Waals surface area contributed by atoms with E-state index in [0.29, 0.717) is 22.9 Å². The number of hydrogen-bond acceptors (Lipinski definition) is 4. The first-order chi connectivity index (χ1) is 10.6. The fourth-order valence-corrected chi connectivity index (χ4v) is 3.25. The van der Waals surface area contributed by atoms with E-state index in [-0.39, 0.29) is 16.1 Å². The lowest BCUT2D eigenvalue weighted by molar-refractivity contribution is 0.152. The topological polar surface area (TPSA) is 54.5 Å². The average Bonchev–Trinajstić information content (AvgIpc) is 2.87. The number of halogens is 3. The third-order valence-corrected chi connectivity index (χ3v) is 4.24. The van der Waals surface area contributed by atoms with Gasteiger partial charge in [0.05, 0.1) is 10.9 Å². The Morgan fingerprint density at radius 1 is 1.36 bits per heavy atom. The Hall–Kier alpha value is -1.73. The summed E-state index contributed by atoms with van der Waals surface area (Å²) in [5.74, 6) is 0. The van der Waals surface area contributed by atoms with Crippen molar-refractivity contribution in [2.45, 2.75) is 29.8 Å². The normalized spacial score (nSPS) is 11.5. The van der Waals surface area contributed by atoms with E-state index >= 15 is 0 Å². The van der Waals surface area contributed by atoms with Gasteiger partial charge >= 0.3 is 0 Å². The van der Waals surface area contributed by atoms with Crippen molar-refractivity contribution in [2.24, 2.45) is 0 Å². The van der Waals surface area contributed by atoms with Crippen LogP contribution in [0.25, 0.3) is 11.0 Å². The zero-order chi connectivity index (χ0) is 15.7. The maximum Gasteiger partial charge on any atom is 0.266 e. The molecule has 8 heteroatoms. The molecule has 3 heterocycles. The second kappa shape index (κ2) is 6.18. The molecule has 1 N–H and O–H groups in total. The van der Waals surface area contributed by atoms with Crippen molar-refractivity contribution in [2.75, 3.05) is 0 Å². The first-order valence-corrected chi connectivity index (χ1v) is 7.73. The average molecular weight is 341 g/mol. The van der Waals surface area contributed by atoms with Crippen molar-refractivity contribution in [3.8, 4) is 0 Å². The van der Waals surface area contributed by atoms with E-state index in [1.54, 1.807) is 25.4 Å². The lowest BCUT2D eigenvalue weighted by Crippen LogP contribution is -1.92. The Morgan fingerprint density at radius 3 is 2.82 bits per heavy atom. The summed E-state index contributed by atoms with van der Waals surface area (Å²) in [5.41, 5.74) is 0.656. The van der Waals surface area contributed by atoms with Gasteiger partial charge < -0.3 is 4.98 Å². The van der Waals surface area contributed by atoms with Crippen LogP contribution in [0.3, 0.4) is 0 Å². The second-order valence-corrected chi connectivity index (χ2v) is 5.88. The minimum atomic E-state index is -2.62. The van der Waals surface area contributed by atoms with Crippen LogP contribution < -0.4 is 0 Å². The number of hydrogen-bond donors (Lipinski definition) is 1. The maximum absolute atomic E-state index is 13.3. The van der Waals surface area contributed by atoms with Gasteiger partial charge in [-0.15, -0.1) is 0 Å². The summed E-state index contributed by atoms with van der Waals surface area (Å²) < 4.78 is 26.5. The number of H-pyrrole nitrogens is 1. The first-order valence-electron chi connectivity index (χ1n) is 6.54. The lowest BCUT2D eigenvalue weighted by Gasteiger charge is -2.03. The predicted molar refractivity (Wildman–Crippen MR) is 81.6 cm³/mol. The summed E-state index contributed by atoms with van der Waals surface area (Å²) in [6, 6.07) is 3.65. The molecular formula is C14H11ClF2N4S. The van der Waals surface area contributed by atoms with Crippen molar-refractivity contribution < 1.29 is 8.78 Å². The van der Waals surface area contributed by atoms with Gasteiger partial charge in [0, 0.05) is 23.0 Å². The van der Waals surface area contributed by atoms with Crippen LogP contribution in [0, 0.1) is 0 Å². The standard InChI is InChI=1S/C14H11ClF2N4S/c1-2-8-9(12(16)17)10-11(15)20-14(21-13(10)19-8)22-7-4-3-5-18-6-7/h3-6,12H,2H2,1H3,(H,19,20,21). The highest BCUT2D eigenvalue weighted by Gasteiger charge is 2.23. The Morgan fingerprint density at radius 2 is 2.18 bits per heavy atom. The molecule has 0 spiro atoms.